The van der Waals surface area contributed by atoms with Crippen LogP contribution in [0.15, 0.2) is 30.8 Å². The van der Waals surface area contributed by atoms with Crippen LogP contribution in [-0.2, 0) is 10.8 Å². The highest BCUT2D eigenvalue weighted by Gasteiger charge is 1.94. The summed E-state index contributed by atoms with van der Waals surface area (Å²) < 4.78 is 5.50. The van der Waals surface area contributed by atoms with Gasteiger partial charge in [-0.1, -0.05) is 44.2 Å². The number of unbranched alkanes of at least 4 members (excludes halogenated alkanes) is 1. The molecule has 0 saturated heterocycles. The van der Waals surface area contributed by atoms with Crippen LogP contribution in [0.5, 0.6) is 0 Å². The van der Waals surface area contributed by atoms with Gasteiger partial charge in [0, 0.05) is 5.75 Å². The lowest BCUT2D eigenvalue weighted by atomic mass is 10.1. The van der Waals surface area contributed by atoms with E-state index in [9.17, 15) is 0 Å². The summed E-state index contributed by atoms with van der Waals surface area (Å²) in [4.78, 5) is 0. The van der Waals surface area contributed by atoms with Crippen LogP contribution in [0.25, 0.3) is 6.08 Å². The molecule has 0 aliphatic carbocycles. The van der Waals surface area contributed by atoms with E-state index in [2.05, 4.69) is 25.6 Å². The molecule has 0 aliphatic heterocycles. The van der Waals surface area contributed by atoms with Crippen molar-refractivity contribution in [1.82, 2.24) is 0 Å². The van der Waals surface area contributed by atoms with Gasteiger partial charge in [0.2, 0.25) is 0 Å². The zero-order valence-corrected chi connectivity index (χ0v) is 10.1. The minimum Gasteiger partial charge on any atom is -0.311 e. The molecule has 0 aromatic heterocycles. The van der Waals surface area contributed by atoms with E-state index >= 15 is 0 Å². The second-order valence-electron chi connectivity index (χ2n) is 3.39. The average molecular weight is 222 g/mol. The number of hydrogen-bond donors (Lipinski definition) is 0. The van der Waals surface area contributed by atoms with Crippen LogP contribution in [0.3, 0.4) is 0 Å². The summed E-state index contributed by atoms with van der Waals surface area (Å²) in [5, 5.41) is 0. The maximum absolute atomic E-state index is 5.50. The van der Waals surface area contributed by atoms with Gasteiger partial charge in [-0.2, -0.15) is 0 Å². The predicted octanol–water partition coefficient (Wildman–Crippen LogP) is 4.29. The summed E-state index contributed by atoms with van der Waals surface area (Å²) in [5.74, 6) is 1.08. The molecule has 82 valence electrons. The maximum atomic E-state index is 5.50. The van der Waals surface area contributed by atoms with Crippen molar-refractivity contribution in [2.24, 2.45) is 0 Å². The minimum absolute atomic E-state index is 0.677. The fourth-order valence-electron chi connectivity index (χ4n) is 1.18. The highest BCUT2D eigenvalue weighted by molar-refractivity contribution is 7.94. The first-order chi connectivity index (χ1) is 7.36. The molecule has 0 amide bonds. The molecule has 0 bridgehead atoms. The highest BCUT2D eigenvalue weighted by Crippen LogP contribution is 2.12. The quantitative estimate of drug-likeness (QED) is 0.502. The second-order valence-corrected chi connectivity index (χ2v) is 4.27. The van der Waals surface area contributed by atoms with E-state index in [1.54, 1.807) is 12.0 Å². The monoisotopic (exact) mass is 222 g/mol. The summed E-state index contributed by atoms with van der Waals surface area (Å²) in [6, 6.07) is 8.26. The largest absolute Gasteiger partial charge is 0.311 e. The molecule has 1 nitrogen and oxygen atoms in total. The number of hydrogen-bond acceptors (Lipinski definition) is 2. The first kappa shape index (κ1) is 12.3. The Morgan fingerprint density at radius 2 is 2.33 bits per heavy atom. The van der Waals surface area contributed by atoms with E-state index in [0.717, 1.165) is 11.3 Å². The van der Waals surface area contributed by atoms with Gasteiger partial charge in [0.25, 0.3) is 0 Å². The Morgan fingerprint density at radius 1 is 1.47 bits per heavy atom. The molecule has 0 N–H and O–H groups in total. The van der Waals surface area contributed by atoms with Crippen LogP contribution in [0.4, 0.5) is 0 Å². The zero-order chi connectivity index (χ0) is 10.9. The van der Waals surface area contributed by atoms with Gasteiger partial charge in [0.05, 0.1) is 6.61 Å². The van der Waals surface area contributed by atoms with Gasteiger partial charge in [-0.25, -0.2) is 0 Å². The molecule has 0 fully saturated rings. The van der Waals surface area contributed by atoms with Crippen LogP contribution in [-0.4, -0.2) is 5.75 Å². The van der Waals surface area contributed by atoms with E-state index in [-0.39, 0.29) is 0 Å². The Balaban J connectivity index is 2.27. The second kappa shape index (κ2) is 7.55. The van der Waals surface area contributed by atoms with Gasteiger partial charge >= 0.3 is 0 Å². The summed E-state index contributed by atoms with van der Waals surface area (Å²) >= 11 is 1.56. The van der Waals surface area contributed by atoms with Gasteiger partial charge in [-0.05, 0) is 35.7 Å². The Labute approximate surface area is 96.7 Å². The van der Waals surface area contributed by atoms with Gasteiger partial charge in [-0.3, -0.25) is 0 Å². The van der Waals surface area contributed by atoms with E-state index in [1.807, 2.05) is 18.2 Å². The van der Waals surface area contributed by atoms with Crippen molar-refractivity contribution in [1.29, 1.82) is 0 Å². The topological polar surface area (TPSA) is 9.23 Å². The Hall–Kier alpha value is -0.730. The van der Waals surface area contributed by atoms with Gasteiger partial charge in [0.1, 0.15) is 0 Å². The predicted molar refractivity (Wildman–Crippen MR) is 68.7 cm³/mol. The summed E-state index contributed by atoms with van der Waals surface area (Å²) in [7, 11) is 0. The average Bonchev–Trinajstić information content (AvgIpc) is 2.29. The molecule has 0 spiro atoms. The summed E-state index contributed by atoms with van der Waals surface area (Å²) in [6.07, 6.45) is 4.30. The molecule has 0 aliphatic rings. The fourth-order valence-corrected chi connectivity index (χ4v) is 1.93. The van der Waals surface area contributed by atoms with E-state index in [0.29, 0.717) is 6.61 Å². The van der Waals surface area contributed by atoms with Crippen molar-refractivity contribution in [2.75, 3.05) is 5.75 Å². The molecule has 1 aromatic carbocycles. The lowest BCUT2D eigenvalue weighted by Gasteiger charge is -2.03. The number of benzene rings is 1. The molecule has 15 heavy (non-hydrogen) atoms. The molecule has 0 saturated carbocycles. The maximum Gasteiger partial charge on any atom is 0.0864 e. The molecule has 0 heterocycles. The van der Waals surface area contributed by atoms with Gasteiger partial charge in [0.15, 0.2) is 0 Å². The van der Waals surface area contributed by atoms with Crippen molar-refractivity contribution in [3.63, 3.8) is 0 Å². The van der Waals surface area contributed by atoms with Crippen molar-refractivity contribution in [3.8, 4) is 0 Å². The molecule has 1 rings (SSSR count). The van der Waals surface area contributed by atoms with E-state index in [1.165, 1.54) is 18.4 Å². The van der Waals surface area contributed by atoms with Crippen LogP contribution < -0.4 is 0 Å². The lowest BCUT2D eigenvalue weighted by Crippen LogP contribution is -1.88. The van der Waals surface area contributed by atoms with Gasteiger partial charge < -0.3 is 4.18 Å². The highest BCUT2D eigenvalue weighted by atomic mass is 32.2. The summed E-state index contributed by atoms with van der Waals surface area (Å²) in [5.41, 5.74) is 2.35. The Morgan fingerprint density at radius 3 is 3.07 bits per heavy atom. The van der Waals surface area contributed by atoms with Crippen LogP contribution in [0.1, 0.15) is 30.9 Å². The number of rotatable bonds is 7. The normalized spacial score (nSPS) is 10.2. The molecule has 0 radical (unpaired) electrons. The molecular weight excluding hydrogens is 204 g/mol. The summed E-state index contributed by atoms with van der Waals surface area (Å²) in [6.45, 7) is 6.61. The van der Waals surface area contributed by atoms with Crippen LogP contribution >= 0.6 is 12.0 Å². The third-order valence-corrected chi connectivity index (χ3v) is 2.82. The molecule has 1 aromatic rings. The van der Waals surface area contributed by atoms with E-state index < -0.39 is 0 Å². The van der Waals surface area contributed by atoms with Crippen molar-refractivity contribution >= 4 is 18.1 Å². The zero-order valence-electron chi connectivity index (χ0n) is 9.24. The minimum atomic E-state index is 0.677. The lowest BCUT2D eigenvalue weighted by molar-refractivity contribution is 0.363. The van der Waals surface area contributed by atoms with Crippen molar-refractivity contribution in [3.05, 3.63) is 42.0 Å². The van der Waals surface area contributed by atoms with E-state index in [4.69, 9.17) is 4.18 Å². The molecule has 0 unspecified atom stereocenters. The Bertz CT molecular complexity index is 296. The van der Waals surface area contributed by atoms with Crippen LogP contribution in [0, 0.1) is 0 Å². The first-order valence-electron chi connectivity index (χ1n) is 5.32. The fraction of sp³-hybridized carbons (Fsp3) is 0.385. The van der Waals surface area contributed by atoms with Gasteiger partial charge in [-0.15, -0.1) is 0 Å². The molecule has 0 atom stereocenters. The SMILES string of the molecule is C=Cc1cccc(COSCCCC)c1. The van der Waals surface area contributed by atoms with Crippen molar-refractivity contribution in [2.45, 2.75) is 26.4 Å². The Kier molecular flexibility index (Phi) is 6.21. The van der Waals surface area contributed by atoms with Crippen molar-refractivity contribution < 1.29 is 4.18 Å². The molecule has 2 heteroatoms. The smallest absolute Gasteiger partial charge is 0.0864 e. The first-order valence-corrected chi connectivity index (χ1v) is 6.23. The standard InChI is InChI=1S/C13H18OS/c1-3-5-9-15-14-11-13-8-6-7-12(4-2)10-13/h4,6-8,10H,2-3,5,9,11H2,1H3. The van der Waals surface area contributed by atoms with Crippen LogP contribution in [0.2, 0.25) is 0 Å². The third-order valence-electron chi connectivity index (χ3n) is 2.08. The molecular formula is C13H18OS. The third kappa shape index (κ3) is 5.05.